The van der Waals surface area contributed by atoms with Gasteiger partial charge in [-0.2, -0.15) is 0 Å². The number of carbonyl (C=O) groups is 1. The Morgan fingerprint density at radius 3 is 2.59 bits per heavy atom. The van der Waals surface area contributed by atoms with Gasteiger partial charge < -0.3 is 20.1 Å². The lowest BCUT2D eigenvalue weighted by molar-refractivity contribution is 0.0525. The zero-order chi connectivity index (χ0) is 22.3. The second-order valence-corrected chi connectivity index (χ2v) is 7.85. The van der Waals surface area contributed by atoms with Gasteiger partial charge >= 0.3 is 5.97 Å². The predicted octanol–water partition coefficient (Wildman–Crippen LogP) is 3.69. The molecule has 0 amide bonds. The minimum Gasteiger partial charge on any atom is -0.479 e. The Kier molecular flexibility index (Phi) is 6.94. The minimum atomic E-state index is -0.402. The van der Waals surface area contributed by atoms with Crippen LogP contribution in [0.4, 0.5) is 11.8 Å². The Morgan fingerprint density at radius 1 is 1.09 bits per heavy atom. The first-order valence-electron chi connectivity index (χ1n) is 11.0. The van der Waals surface area contributed by atoms with Crippen molar-refractivity contribution in [3.63, 3.8) is 0 Å². The molecule has 1 fully saturated rings. The van der Waals surface area contributed by atoms with Gasteiger partial charge in [-0.1, -0.05) is 0 Å². The molecule has 0 bridgehead atoms. The van der Waals surface area contributed by atoms with E-state index in [2.05, 4.69) is 25.6 Å². The van der Waals surface area contributed by atoms with Crippen LogP contribution in [0.15, 0.2) is 36.8 Å². The van der Waals surface area contributed by atoms with Crippen LogP contribution in [0.5, 0.6) is 5.88 Å². The summed E-state index contributed by atoms with van der Waals surface area (Å²) in [5.74, 6) is 2.07. The van der Waals surface area contributed by atoms with Gasteiger partial charge in [-0.05, 0) is 56.7 Å². The SMILES string of the molecule is CCOC(=O)c1cnc(NCC2CCC(Nc3ccc4ccnc(OC)c4n3)CC2)nc1. The normalized spacial score (nSPS) is 18.2. The second-order valence-electron chi connectivity index (χ2n) is 7.85. The quantitative estimate of drug-likeness (QED) is 0.511. The van der Waals surface area contributed by atoms with E-state index in [0.717, 1.165) is 48.9 Å². The maximum atomic E-state index is 11.7. The number of hydrogen-bond donors (Lipinski definition) is 2. The van der Waals surface area contributed by atoms with E-state index in [-0.39, 0.29) is 0 Å². The summed E-state index contributed by atoms with van der Waals surface area (Å²) >= 11 is 0. The van der Waals surface area contributed by atoms with Crippen molar-refractivity contribution >= 4 is 28.6 Å². The molecule has 32 heavy (non-hydrogen) atoms. The number of rotatable bonds is 8. The molecule has 4 rings (SSSR count). The molecule has 9 nitrogen and oxygen atoms in total. The highest BCUT2D eigenvalue weighted by molar-refractivity contribution is 5.88. The summed E-state index contributed by atoms with van der Waals surface area (Å²) in [6.07, 6.45) is 9.06. The van der Waals surface area contributed by atoms with Crippen molar-refractivity contribution in [1.82, 2.24) is 19.9 Å². The monoisotopic (exact) mass is 436 g/mol. The number of ether oxygens (including phenoxy) is 2. The molecule has 1 aliphatic carbocycles. The Hall–Kier alpha value is -3.49. The number of fused-ring (bicyclic) bond motifs is 1. The van der Waals surface area contributed by atoms with E-state index >= 15 is 0 Å². The van der Waals surface area contributed by atoms with Gasteiger partial charge in [0.15, 0.2) is 0 Å². The van der Waals surface area contributed by atoms with Crippen molar-refractivity contribution in [3.8, 4) is 5.88 Å². The van der Waals surface area contributed by atoms with Gasteiger partial charge in [-0.15, -0.1) is 0 Å². The van der Waals surface area contributed by atoms with E-state index in [4.69, 9.17) is 14.5 Å². The maximum Gasteiger partial charge on any atom is 0.341 e. The first-order chi connectivity index (χ1) is 15.7. The number of nitrogens with one attached hydrogen (secondary N) is 2. The van der Waals surface area contributed by atoms with E-state index in [1.165, 1.54) is 12.4 Å². The van der Waals surface area contributed by atoms with Crippen molar-refractivity contribution in [2.75, 3.05) is 30.9 Å². The van der Waals surface area contributed by atoms with E-state index < -0.39 is 5.97 Å². The van der Waals surface area contributed by atoms with Gasteiger partial charge in [0.1, 0.15) is 11.3 Å². The van der Waals surface area contributed by atoms with Crippen molar-refractivity contribution in [2.45, 2.75) is 38.6 Å². The van der Waals surface area contributed by atoms with Crippen LogP contribution in [0.25, 0.3) is 10.9 Å². The number of pyridine rings is 2. The zero-order valence-corrected chi connectivity index (χ0v) is 18.4. The summed E-state index contributed by atoms with van der Waals surface area (Å²) in [6, 6.07) is 6.37. The van der Waals surface area contributed by atoms with Crippen molar-refractivity contribution in [1.29, 1.82) is 0 Å². The number of esters is 1. The van der Waals surface area contributed by atoms with Crippen LogP contribution in [0.3, 0.4) is 0 Å². The van der Waals surface area contributed by atoms with Gasteiger partial charge in [-0.25, -0.2) is 24.7 Å². The molecule has 2 N–H and O–H groups in total. The van der Waals surface area contributed by atoms with Crippen LogP contribution >= 0.6 is 0 Å². The van der Waals surface area contributed by atoms with Gasteiger partial charge in [0.2, 0.25) is 11.8 Å². The average Bonchev–Trinajstić information content (AvgIpc) is 2.83. The molecular weight excluding hydrogens is 408 g/mol. The van der Waals surface area contributed by atoms with Gasteiger partial charge in [0.05, 0.1) is 19.3 Å². The molecule has 0 radical (unpaired) electrons. The van der Waals surface area contributed by atoms with Gasteiger partial charge in [-0.3, -0.25) is 0 Å². The summed E-state index contributed by atoms with van der Waals surface area (Å²) < 4.78 is 10.3. The van der Waals surface area contributed by atoms with Crippen LogP contribution in [-0.2, 0) is 4.74 Å². The lowest BCUT2D eigenvalue weighted by atomic mass is 9.86. The average molecular weight is 437 g/mol. The van der Waals surface area contributed by atoms with E-state index in [1.807, 2.05) is 18.2 Å². The molecule has 3 aromatic heterocycles. The molecule has 3 heterocycles. The number of hydrogen-bond acceptors (Lipinski definition) is 9. The molecule has 0 saturated heterocycles. The Labute approximate surface area is 187 Å². The summed E-state index contributed by atoms with van der Waals surface area (Å²) in [5.41, 5.74) is 1.13. The molecule has 0 aromatic carbocycles. The zero-order valence-electron chi connectivity index (χ0n) is 18.4. The molecular formula is C23H28N6O3. The summed E-state index contributed by atoms with van der Waals surface area (Å²) in [5, 5.41) is 7.85. The molecule has 0 spiro atoms. The van der Waals surface area contributed by atoms with Crippen LogP contribution in [0.2, 0.25) is 0 Å². The third-order valence-electron chi connectivity index (χ3n) is 5.68. The smallest absolute Gasteiger partial charge is 0.341 e. The largest absolute Gasteiger partial charge is 0.479 e. The number of methoxy groups -OCH3 is 1. The lowest BCUT2D eigenvalue weighted by Gasteiger charge is -2.29. The molecule has 1 saturated carbocycles. The second kappa shape index (κ2) is 10.2. The topological polar surface area (TPSA) is 111 Å². The minimum absolute atomic E-state index is 0.332. The number of anilines is 2. The fourth-order valence-electron chi connectivity index (χ4n) is 3.95. The van der Waals surface area contributed by atoms with E-state index in [0.29, 0.717) is 36.0 Å². The van der Waals surface area contributed by atoms with Crippen LogP contribution in [0, 0.1) is 5.92 Å². The van der Waals surface area contributed by atoms with Crippen LogP contribution in [-0.4, -0.2) is 52.2 Å². The Balaban J connectivity index is 1.26. The molecule has 0 aliphatic heterocycles. The highest BCUT2D eigenvalue weighted by Gasteiger charge is 2.22. The third-order valence-corrected chi connectivity index (χ3v) is 5.68. The fraction of sp³-hybridized carbons (Fsp3) is 0.435. The summed E-state index contributed by atoms with van der Waals surface area (Å²) in [4.78, 5) is 29.1. The molecule has 0 unspecified atom stereocenters. The van der Waals surface area contributed by atoms with Crippen molar-refractivity contribution in [3.05, 3.63) is 42.4 Å². The van der Waals surface area contributed by atoms with Gasteiger partial charge in [0, 0.05) is 36.6 Å². The standard InChI is InChI=1S/C23H28N6O3/c1-3-32-22(30)17-13-26-23(27-14-17)25-12-15-4-7-18(8-5-15)28-19-9-6-16-10-11-24-21(31-2)20(16)29-19/h6,9-11,13-15,18H,3-5,7-8,12H2,1-2H3,(H,28,29)(H,25,26,27). The molecule has 1 aliphatic rings. The number of carbonyl (C=O) groups excluding carboxylic acids is 1. The summed E-state index contributed by atoms with van der Waals surface area (Å²) in [7, 11) is 1.61. The predicted molar refractivity (Wildman–Crippen MR) is 122 cm³/mol. The number of aromatic nitrogens is 4. The fourth-order valence-corrected chi connectivity index (χ4v) is 3.95. The first kappa shape index (κ1) is 21.7. The van der Waals surface area contributed by atoms with Gasteiger partial charge in [0.25, 0.3) is 0 Å². The van der Waals surface area contributed by atoms with E-state index in [9.17, 15) is 4.79 Å². The Bertz CT molecular complexity index is 1050. The Morgan fingerprint density at radius 2 is 1.88 bits per heavy atom. The van der Waals surface area contributed by atoms with Crippen molar-refractivity contribution < 1.29 is 14.3 Å². The molecule has 168 valence electrons. The van der Waals surface area contributed by atoms with E-state index in [1.54, 1.807) is 20.2 Å². The van der Waals surface area contributed by atoms with Crippen molar-refractivity contribution in [2.24, 2.45) is 5.92 Å². The highest BCUT2D eigenvalue weighted by Crippen LogP contribution is 2.28. The number of nitrogens with zero attached hydrogens (tertiary/aromatic N) is 4. The summed E-state index contributed by atoms with van der Waals surface area (Å²) in [6.45, 7) is 2.91. The molecule has 3 aromatic rings. The van der Waals surface area contributed by atoms with Crippen LogP contribution < -0.4 is 15.4 Å². The lowest BCUT2D eigenvalue weighted by Crippen LogP contribution is -2.29. The molecule has 9 heteroatoms. The highest BCUT2D eigenvalue weighted by atomic mass is 16.5. The molecule has 0 atom stereocenters. The first-order valence-corrected chi connectivity index (χ1v) is 11.0. The van der Waals surface area contributed by atoms with Crippen LogP contribution in [0.1, 0.15) is 43.0 Å². The maximum absolute atomic E-state index is 11.7. The third kappa shape index (κ3) is 5.22.